The molecular weight excluding hydrogens is 246 g/mol. The summed E-state index contributed by atoms with van der Waals surface area (Å²) in [5.41, 5.74) is 1.57. The number of methoxy groups -OCH3 is 2. The summed E-state index contributed by atoms with van der Waals surface area (Å²) in [6.07, 6.45) is 0. The highest BCUT2D eigenvalue weighted by Crippen LogP contribution is 2.34. The maximum atomic E-state index is 10.8. The lowest BCUT2D eigenvalue weighted by Gasteiger charge is -2.10. The molecule has 2 aromatic rings. The Labute approximate surface area is 110 Å². The molecule has 0 N–H and O–H groups in total. The molecule has 0 bridgehead atoms. The monoisotopic (exact) mass is 259 g/mol. The number of hydrogen-bond acceptors (Lipinski definition) is 4. The minimum absolute atomic E-state index is 0.0513. The summed E-state index contributed by atoms with van der Waals surface area (Å²) in [5, 5.41) is 10.8. The van der Waals surface area contributed by atoms with E-state index in [1.54, 1.807) is 38.5 Å². The molecule has 0 saturated carbocycles. The normalized spacial score (nSPS) is 10.0. The minimum Gasteiger partial charge on any atom is -0.497 e. The predicted molar refractivity (Wildman–Crippen MR) is 71.6 cm³/mol. The first-order chi connectivity index (χ1) is 9.15. The third-order valence-corrected chi connectivity index (χ3v) is 2.78. The molecule has 0 unspecified atom stereocenters. The summed E-state index contributed by atoms with van der Waals surface area (Å²) >= 11 is 0. The standard InChI is InChI=1S/C14H13NO4/c1-18-12-6-7-13(14(9-12)19-2)10-4-3-5-11(8-10)15(16)17/h3-9H,1-2H3. The van der Waals surface area contributed by atoms with Crippen LogP contribution in [-0.2, 0) is 0 Å². The van der Waals surface area contributed by atoms with Crippen molar-refractivity contribution in [2.45, 2.75) is 0 Å². The first-order valence-electron chi connectivity index (χ1n) is 5.62. The lowest BCUT2D eigenvalue weighted by Crippen LogP contribution is -1.92. The predicted octanol–water partition coefficient (Wildman–Crippen LogP) is 3.28. The van der Waals surface area contributed by atoms with Gasteiger partial charge in [0, 0.05) is 23.8 Å². The van der Waals surface area contributed by atoms with Gasteiger partial charge in [-0.15, -0.1) is 0 Å². The van der Waals surface area contributed by atoms with Crippen molar-refractivity contribution >= 4 is 5.69 Å². The van der Waals surface area contributed by atoms with E-state index < -0.39 is 4.92 Å². The van der Waals surface area contributed by atoms with Gasteiger partial charge in [-0.25, -0.2) is 0 Å². The zero-order chi connectivity index (χ0) is 13.8. The summed E-state index contributed by atoms with van der Waals surface area (Å²) in [6.45, 7) is 0. The second kappa shape index (κ2) is 5.39. The number of nitro groups is 1. The fraction of sp³-hybridized carbons (Fsp3) is 0.143. The summed E-state index contributed by atoms with van der Waals surface area (Å²) in [7, 11) is 3.12. The van der Waals surface area contributed by atoms with Gasteiger partial charge in [0.1, 0.15) is 11.5 Å². The third kappa shape index (κ3) is 2.65. The Morgan fingerprint density at radius 1 is 1.05 bits per heavy atom. The molecule has 0 aromatic heterocycles. The van der Waals surface area contributed by atoms with Gasteiger partial charge >= 0.3 is 0 Å². The van der Waals surface area contributed by atoms with Crippen LogP contribution in [0.2, 0.25) is 0 Å². The Morgan fingerprint density at radius 3 is 2.47 bits per heavy atom. The van der Waals surface area contributed by atoms with Crippen LogP contribution >= 0.6 is 0 Å². The van der Waals surface area contributed by atoms with E-state index in [2.05, 4.69) is 0 Å². The zero-order valence-corrected chi connectivity index (χ0v) is 10.6. The molecule has 2 aromatic carbocycles. The molecule has 0 aliphatic carbocycles. The third-order valence-electron chi connectivity index (χ3n) is 2.78. The topological polar surface area (TPSA) is 61.6 Å². The number of hydrogen-bond donors (Lipinski definition) is 0. The van der Waals surface area contributed by atoms with Crippen LogP contribution in [0, 0.1) is 10.1 Å². The van der Waals surface area contributed by atoms with Crippen molar-refractivity contribution in [1.82, 2.24) is 0 Å². The van der Waals surface area contributed by atoms with Crippen LogP contribution in [0.15, 0.2) is 42.5 Å². The van der Waals surface area contributed by atoms with Gasteiger partial charge in [-0.3, -0.25) is 10.1 Å². The van der Waals surface area contributed by atoms with E-state index in [9.17, 15) is 10.1 Å². The van der Waals surface area contributed by atoms with Crippen molar-refractivity contribution in [3.05, 3.63) is 52.6 Å². The van der Waals surface area contributed by atoms with Crippen LogP contribution in [0.1, 0.15) is 0 Å². The lowest BCUT2D eigenvalue weighted by atomic mass is 10.0. The molecule has 0 aliphatic heterocycles. The van der Waals surface area contributed by atoms with Gasteiger partial charge in [0.2, 0.25) is 0 Å². The Bertz CT molecular complexity index is 610. The second-order valence-corrected chi connectivity index (χ2v) is 3.87. The van der Waals surface area contributed by atoms with E-state index in [0.717, 1.165) is 11.1 Å². The van der Waals surface area contributed by atoms with Crippen LogP contribution in [0.3, 0.4) is 0 Å². The molecule has 0 heterocycles. The van der Waals surface area contributed by atoms with Crippen LogP contribution in [-0.4, -0.2) is 19.1 Å². The fourth-order valence-corrected chi connectivity index (χ4v) is 1.82. The Balaban J connectivity index is 2.52. The number of benzene rings is 2. The van der Waals surface area contributed by atoms with Crippen molar-refractivity contribution in [1.29, 1.82) is 0 Å². The number of nitrogens with zero attached hydrogens (tertiary/aromatic N) is 1. The Morgan fingerprint density at radius 2 is 1.84 bits per heavy atom. The molecule has 5 nitrogen and oxygen atoms in total. The minimum atomic E-state index is -0.417. The molecule has 5 heteroatoms. The summed E-state index contributed by atoms with van der Waals surface area (Å²) in [4.78, 5) is 10.4. The Kier molecular flexibility index (Phi) is 3.66. The lowest BCUT2D eigenvalue weighted by molar-refractivity contribution is -0.384. The zero-order valence-electron chi connectivity index (χ0n) is 10.6. The average Bonchev–Trinajstić information content (AvgIpc) is 2.46. The van der Waals surface area contributed by atoms with Gasteiger partial charge in [-0.05, 0) is 17.7 Å². The van der Waals surface area contributed by atoms with Gasteiger partial charge in [0.05, 0.1) is 19.1 Å². The molecule has 2 rings (SSSR count). The van der Waals surface area contributed by atoms with Gasteiger partial charge in [-0.2, -0.15) is 0 Å². The van der Waals surface area contributed by atoms with Crippen LogP contribution in [0.25, 0.3) is 11.1 Å². The van der Waals surface area contributed by atoms with Gasteiger partial charge in [0.15, 0.2) is 0 Å². The summed E-state index contributed by atoms with van der Waals surface area (Å²) < 4.78 is 10.4. The van der Waals surface area contributed by atoms with Gasteiger partial charge < -0.3 is 9.47 Å². The van der Waals surface area contributed by atoms with Crippen LogP contribution < -0.4 is 9.47 Å². The maximum Gasteiger partial charge on any atom is 0.270 e. The van der Waals surface area contributed by atoms with Crippen molar-refractivity contribution in [3.8, 4) is 22.6 Å². The highest BCUT2D eigenvalue weighted by molar-refractivity contribution is 5.73. The van der Waals surface area contributed by atoms with E-state index >= 15 is 0 Å². The highest BCUT2D eigenvalue weighted by Gasteiger charge is 2.11. The molecule has 0 aliphatic rings. The summed E-state index contributed by atoms with van der Waals surface area (Å²) in [5.74, 6) is 1.28. The van der Waals surface area contributed by atoms with Crippen LogP contribution in [0.4, 0.5) is 5.69 Å². The summed E-state index contributed by atoms with van der Waals surface area (Å²) in [6, 6.07) is 11.8. The number of non-ortho nitro benzene ring substituents is 1. The Hall–Kier alpha value is -2.56. The smallest absolute Gasteiger partial charge is 0.270 e. The average molecular weight is 259 g/mol. The first-order valence-corrected chi connectivity index (χ1v) is 5.62. The van der Waals surface area contributed by atoms with E-state index in [1.165, 1.54) is 12.1 Å². The quantitative estimate of drug-likeness (QED) is 0.624. The fourth-order valence-electron chi connectivity index (χ4n) is 1.82. The maximum absolute atomic E-state index is 10.8. The van der Waals surface area contributed by atoms with Crippen LogP contribution in [0.5, 0.6) is 11.5 Å². The van der Waals surface area contributed by atoms with Gasteiger partial charge in [-0.1, -0.05) is 12.1 Å². The molecule has 19 heavy (non-hydrogen) atoms. The highest BCUT2D eigenvalue weighted by atomic mass is 16.6. The van der Waals surface area contributed by atoms with E-state index in [1.807, 2.05) is 6.07 Å². The largest absolute Gasteiger partial charge is 0.497 e. The van der Waals surface area contributed by atoms with E-state index in [-0.39, 0.29) is 5.69 Å². The van der Waals surface area contributed by atoms with Crippen molar-refractivity contribution in [2.75, 3.05) is 14.2 Å². The molecule has 0 saturated heterocycles. The number of nitro benzene ring substituents is 1. The SMILES string of the molecule is COc1ccc(-c2cccc([N+](=O)[O-])c2)c(OC)c1. The molecular formula is C14H13NO4. The second-order valence-electron chi connectivity index (χ2n) is 3.87. The van der Waals surface area contributed by atoms with Crippen molar-refractivity contribution in [3.63, 3.8) is 0 Å². The molecule has 0 fully saturated rings. The number of rotatable bonds is 4. The van der Waals surface area contributed by atoms with Crippen molar-refractivity contribution in [2.24, 2.45) is 0 Å². The molecule has 0 spiro atoms. The number of ether oxygens (including phenoxy) is 2. The van der Waals surface area contributed by atoms with Crippen molar-refractivity contribution < 1.29 is 14.4 Å². The molecule has 0 radical (unpaired) electrons. The van der Waals surface area contributed by atoms with Gasteiger partial charge in [0.25, 0.3) is 5.69 Å². The molecule has 0 amide bonds. The molecule has 98 valence electrons. The first kappa shape index (κ1) is 12.9. The molecule has 0 atom stereocenters. The van der Waals surface area contributed by atoms with E-state index in [0.29, 0.717) is 11.5 Å². The van der Waals surface area contributed by atoms with E-state index in [4.69, 9.17) is 9.47 Å².